The van der Waals surface area contributed by atoms with Gasteiger partial charge in [-0.2, -0.15) is 0 Å². The van der Waals surface area contributed by atoms with Gasteiger partial charge in [-0.15, -0.1) is 0 Å². The zero-order valence-corrected chi connectivity index (χ0v) is 15.6. The molecule has 1 aliphatic rings. The number of amides is 1. The summed E-state index contributed by atoms with van der Waals surface area (Å²) in [6.45, 7) is 8.45. The molecule has 3 aromatic rings. The van der Waals surface area contributed by atoms with Gasteiger partial charge in [-0.25, -0.2) is 0 Å². The fourth-order valence-electron chi connectivity index (χ4n) is 3.85. The van der Waals surface area contributed by atoms with Crippen LogP contribution in [0.2, 0.25) is 0 Å². The molecule has 2 heterocycles. The van der Waals surface area contributed by atoms with Crippen LogP contribution in [0.15, 0.2) is 48.5 Å². The van der Waals surface area contributed by atoms with E-state index < -0.39 is 0 Å². The number of hydrogen-bond acceptors (Lipinski definition) is 1. The summed E-state index contributed by atoms with van der Waals surface area (Å²) in [5.41, 5.74) is 9.60. The summed E-state index contributed by atoms with van der Waals surface area (Å²) in [5, 5.41) is 2.94. The first-order chi connectivity index (χ1) is 12.4. The lowest BCUT2D eigenvalue weighted by atomic mass is 10.0. The lowest BCUT2D eigenvalue weighted by Crippen LogP contribution is -2.03. The summed E-state index contributed by atoms with van der Waals surface area (Å²) in [5.74, 6) is -0.0394. The Morgan fingerprint density at radius 2 is 1.62 bits per heavy atom. The number of nitrogens with zero attached hydrogens (tertiary/aromatic N) is 1. The number of aryl methyl sites for hydroxylation is 3. The van der Waals surface area contributed by atoms with E-state index in [1.807, 2.05) is 30.3 Å². The maximum Gasteiger partial charge on any atom is 0.256 e. The minimum Gasteiger partial charge on any atom is -0.321 e. The van der Waals surface area contributed by atoms with E-state index in [0.717, 1.165) is 33.8 Å². The second kappa shape index (κ2) is 6.03. The molecule has 1 amide bonds. The van der Waals surface area contributed by atoms with E-state index >= 15 is 0 Å². The number of anilines is 1. The molecule has 0 bridgehead atoms. The number of carbonyl (C=O) groups excluding carboxylic acids is 1. The van der Waals surface area contributed by atoms with Crippen molar-refractivity contribution in [2.24, 2.45) is 0 Å². The Morgan fingerprint density at radius 3 is 2.35 bits per heavy atom. The third kappa shape index (κ3) is 2.66. The van der Waals surface area contributed by atoms with Crippen molar-refractivity contribution >= 4 is 23.2 Å². The highest BCUT2D eigenvalue weighted by Gasteiger charge is 2.24. The molecule has 2 aromatic carbocycles. The Morgan fingerprint density at radius 1 is 0.923 bits per heavy atom. The standard InChI is InChI=1S/C23H22N2O/c1-14-9-15(2)11-19(10-14)25-16(3)12-18(17(25)4)13-21-20-7-5-6-8-22(20)24-23(21)26/h5-13H,1-4H3,(H,24,26)/b21-13+. The normalized spacial score (nSPS) is 14.6. The summed E-state index contributed by atoms with van der Waals surface area (Å²) < 4.78 is 2.26. The zero-order valence-electron chi connectivity index (χ0n) is 15.6. The average Bonchev–Trinajstić information content (AvgIpc) is 3.03. The van der Waals surface area contributed by atoms with Crippen LogP contribution in [0.4, 0.5) is 5.69 Å². The minimum absolute atomic E-state index is 0.0394. The molecule has 0 aliphatic carbocycles. The van der Waals surface area contributed by atoms with Crippen LogP contribution in [0.25, 0.3) is 17.3 Å². The van der Waals surface area contributed by atoms with Crippen molar-refractivity contribution in [3.63, 3.8) is 0 Å². The monoisotopic (exact) mass is 342 g/mol. The largest absolute Gasteiger partial charge is 0.321 e. The number of aromatic nitrogens is 1. The van der Waals surface area contributed by atoms with Gasteiger partial charge in [0.2, 0.25) is 0 Å². The molecule has 4 rings (SSSR count). The van der Waals surface area contributed by atoms with Gasteiger partial charge in [0.05, 0.1) is 0 Å². The van der Waals surface area contributed by atoms with E-state index in [2.05, 4.69) is 61.8 Å². The van der Waals surface area contributed by atoms with Crippen LogP contribution in [-0.2, 0) is 4.79 Å². The van der Waals surface area contributed by atoms with Crippen LogP contribution in [0.5, 0.6) is 0 Å². The van der Waals surface area contributed by atoms with Crippen LogP contribution in [0.3, 0.4) is 0 Å². The molecule has 1 aliphatic heterocycles. The van der Waals surface area contributed by atoms with Crippen LogP contribution in [-0.4, -0.2) is 10.5 Å². The van der Waals surface area contributed by atoms with Gasteiger partial charge in [0, 0.05) is 33.9 Å². The topological polar surface area (TPSA) is 34.0 Å². The van der Waals surface area contributed by atoms with E-state index in [4.69, 9.17) is 0 Å². The van der Waals surface area contributed by atoms with Gasteiger partial charge >= 0.3 is 0 Å². The van der Waals surface area contributed by atoms with Crippen molar-refractivity contribution in [1.29, 1.82) is 0 Å². The quantitative estimate of drug-likeness (QED) is 0.638. The van der Waals surface area contributed by atoms with Gasteiger partial charge in [-0.3, -0.25) is 4.79 Å². The van der Waals surface area contributed by atoms with E-state index in [0.29, 0.717) is 0 Å². The Balaban J connectivity index is 1.84. The average molecular weight is 342 g/mol. The summed E-state index contributed by atoms with van der Waals surface area (Å²) in [6.07, 6.45) is 2.00. The molecule has 0 unspecified atom stereocenters. The predicted octanol–water partition coefficient (Wildman–Crippen LogP) is 5.20. The molecule has 1 N–H and O–H groups in total. The molecule has 0 spiro atoms. The first kappa shape index (κ1) is 16.4. The summed E-state index contributed by atoms with van der Waals surface area (Å²) in [4.78, 5) is 12.4. The molecule has 130 valence electrons. The SMILES string of the molecule is Cc1cc(C)cc(-n2c(C)cc(/C=C3/C(=O)Nc4ccccc43)c2C)c1. The molecule has 1 aromatic heterocycles. The van der Waals surface area contributed by atoms with Crippen molar-refractivity contribution in [2.45, 2.75) is 27.7 Å². The second-order valence-corrected chi connectivity index (χ2v) is 7.07. The summed E-state index contributed by atoms with van der Waals surface area (Å²) in [6, 6.07) is 16.5. The highest BCUT2D eigenvalue weighted by molar-refractivity contribution is 6.34. The van der Waals surface area contributed by atoms with E-state index in [9.17, 15) is 4.79 Å². The van der Waals surface area contributed by atoms with E-state index in [1.54, 1.807) is 0 Å². The number of para-hydroxylation sites is 1. The maximum atomic E-state index is 12.4. The fourth-order valence-corrected chi connectivity index (χ4v) is 3.85. The van der Waals surface area contributed by atoms with Crippen molar-refractivity contribution in [3.8, 4) is 5.69 Å². The third-order valence-electron chi connectivity index (χ3n) is 4.94. The molecular weight excluding hydrogens is 320 g/mol. The molecule has 3 nitrogen and oxygen atoms in total. The van der Waals surface area contributed by atoms with Gasteiger partial charge in [0.25, 0.3) is 5.91 Å². The zero-order chi connectivity index (χ0) is 18.4. The molecule has 26 heavy (non-hydrogen) atoms. The first-order valence-corrected chi connectivity index (χ1v) is 8.84. The number of benzene rings is 2. The van der Waals surface area contributed by atoms with Crippen LogP contribution in [0, 0.1) is 27.7 Å². The van der Waals surface area contributed by atoms with Crippen LogP contribution < -0.4 is 5.32 Å². The Bertz CT molecular complexity index is 1050. The molecule has 3 heteroatoms. The summed E-state index contributed by atoms with van der Waals surface area (Å²) >= 11 is 0. The van der Waals surface area contributed by atoms with E-state index in [1.165, 1.54) is 16.8 Å². The Kier molecular flexibility index (Phi) is 3.80. The van der Waals surface area contributed by atoms with Crippen LogP contribution in [0.1, 0.15) is 33.6 Å². The van der Waals surface area contributed by atoms with Crippen LogP contribution >= 0.6 is 0 Å². The molecule has 0 fully saturated rings. The minimum atomic E-state index is -0.0394. The van der Waals surface area contributed by atoms with Crippen molar-refractivity contribution in [1.82, 2.24) is 4.57 Å². The molecular formula is C23H22N2O. The fraction of sp³-hybridized carbons (Fsp3) is 0.174. The maximum absolute atomic E-state index is 12.4. The second-order valence-electron chi connectivity index (χ2n) is 7.07. The van der Waals surface area contributed by atoms with Gasteiger partial charge in [-0.1, -0.05) is 24.3 Å². The number of hydrogen-bond donors (Lipinski definition) is 1. The number of rotatable bonds is 2. The smallest absolute Gasteiger partial charge is 0.256 e. The highest BCUT2D eigenvalue weighted by atomic mass is 16.2. The lowest BCUT2D eigenvalue weighted by Gasteiger charge is -2.12. The van der Waals surface area contributed by atoms with E-state index in [-0.39, 0.29) is 5.91 Å². The first-order valence-electron chi connectivity index (χ1n) is 8.84. The number of fused-ring (bicyclic) bond motifs is 1. The highest BCUT2D eigenvalue weighted by Crippen LogP contribution is 2.34. The van der Waals surface area contributed by atoms with Crippen molar-refractivity contribution in [2.75, 3.05) is 5.32 Å². The predicted molar refractivity (Wildman–Crippen MR) is 108 cm³/mol. The third-order valence-corrected chi connectivity index (χ3v) is 4.94. The molecule has 0 saturated carbocycles. The van der Waals surface area contributed by atoms with Crippen molar-refractivity contribution in [3.05, 3.63) is 82.2 Å². The number of carbonyl (C=O) groups is 1. The molecule has 0 atom stereocenters. The van der Waals surface area contributed by atoms with Gasteiger partial charge in [0.1, 0.15) is 0 Å². The van der Waals surface area contributed by atoms with Gasteiger partial charge in [-0.05, 0) is 74.7 Å². The molecule has 0 saturated heterocycles. The van der Waals surface area contributed by atoms with Gasteiger partial charge < -0.3 is 9.88 Å². The Hall–Kier alpha value is -3.07. The Labute approximate surface area is 154 Å². The van der Waals surface area contributed by atoms with Crippen molar-refractivity contribution < 1.29 is 4.79 Å². The lowest BCUT2D eigenvalue weighted by molar-refractivity contribution is -0.110. The molecule has 0 radical (unpaired) electrons. The number of nitrogens with one attached hydrogen (secondary N) is 1. The summed E-state index contributed by atoms with van der Waals surface area (Å²) in [7, 11) is 0. The van der Waals surface area contributed by atoms with Gasteiger partial charge in [0.15, 0.2) is 0 Å².